The molecule has 2 heteroatoms. The number of hydrogen-bond acceptors (Lipinski definition) is 2. The normalized spacial score (nSPS) is 32.2. The summed E-state index contributed by atoms with van der Waals surface area (Å²) in [6.45, 7) is 3.39. The van der Waals surface area contributed by atoms with Gasteiger partial charge in [-0.2, -0.15) is 0 Å². The maximum atomic E-state index is 6.29. The molecule has 1 aliphatic carbocycles. The molecule has 1 unspecified atom stereocenters. The summed E-state index contributed by atoms with van der Waals surface area (Å²) in [7, 11) is 0. The van der Waals surface area contributed by atoms with Crippen molar-refractivity contribution in [2.75, 3.05) is 6.54 Å². The van der Waals surface area contributed by atoms with Gasteiger partial charge in [-0.3, -0.25) is 5.32 Å². The van der Waals surface area contributed by atoms with Crippen LogP contribution < -0.4 is 5.32 Å². The molecule has 1 atom stereocenters. The van der Waals surface area contributed by atoms with E-state index < -0.39 is 0 Å². The smallest absolute Gasteiger partial charge is 0.119 e. The molecule has 0 aromatic heterocycles. The minimum Gasteiger partial charge on any atom is -0.357 e. The summed E-state index contributed by atoms with van der Waals surface area (Å²) in [4.78, 5) is 0. The van der Waals surface area contributed by atoms with E-state index in [0.717, 1.165) is 6.54 Å². The Morgan fingerprint density at radius 1 is 1.13 bits per heavy atom. The third kappa shape index (κ3) is 2.94. The molecule has 15 heavy (non-hydrogen) atoms. The van der Waals surface area contributed by atoms with Gasteiger partial charge in [0, 0.05) is 6.54 Å². The predicted molar refractivity (Wildman–Crippen MR) is 62.8 cm³/mol. The molecule has 88 valence electrons. The van der Waals surface area contributed by atoms with Crippen molar-refractivity contribution in [2.45, 2.75) is 76.5 Å². The van der Waals surface area contributed by atoms with Crippen molar-refractivity contribution < 1.29 is 4.74 Å². The number of hydrogen-bond donors (Lipinski definition) is 1. The first-order valence-electron chi connectivity index (χ1n) is 6.77. The summed E-state index contributed by atoms with van der Waals surface area (Å²) < 4.78 is 6.29. The fourth-order valence-corrected chi connectivity index (χ4v) is 2.94. The molecule has 0 radical (unpaired) electrons. The quantitative estimate of drug-likeness (QED) is 0.719. The van der Waals surface area contributed by atoms with Gasteiger partial charge in [0.25, 0.3) is 0 Å². The first-order valence-corrected chi connectivity index (χ1v) is 6.77. The Morgan fingerprint density at radius 3 is 2.47 bits per heavy atom. The van der Waals surface area contributed by atoms with Crippen LogP contribution >= 0.6 is 0 Å². The highest BCUT2D eigenvalue weighted by atomic mass is 16.5. The molecular formula is C13H25NO. The van der Waals surface area contributed by atoms with E-state index >= 15 is 0 Å². The molecule has 1 heterocycles. The van der Waals surface area contributed by atoms with Crippen molar-refractivity contribution in [3.8, 4) is 0 Å². The molecule has 1 spiro atoms. The van der Waals surface area contributed by atoms with Gasteiger partial charge in [-0.05, 0) is 38.5 Å². The zero-order chi connectivity index (χ0) is 10.6. The van der Waals surface area contributed by atoms with Gasteiger partial charge < -0.3 is 4.74 Å². The Morgan fingerprint density at radius 2 is 1.80 bits per heavy atom. The summed E-state index contributed by atoms with van der Waals surface area (Å²) in [5, 5.41) is 3.64. The second kappa shape index (κ2) is 5.31. The lowest BCUT2D eigenvalue weighted by Crippen LogP contribution is -2.54. The highest BCUT2D eigenvalue weighted by Crippen LogP contribution is 2.31. The van der Waals surface area contributed by atoms with Gasteiger partial charge in [-0.25, -0.2) is 0 Å². The lowest BCUT2D eigenvalue weighted by Gasteiger charge is -2.43. The molecule has 2 aliphatic rings. The maximum absolute atomic E-state index is 6.29. The fourth-order valence-electron chi connectivity index (χ4n) is 2.94. The standard InChI is InChI=1S/C13H25NO/c1-2-12-8-11-14-13(15-12)9-6-4-3-5-7-10-13/h12,14H,2-11H2,1H3. The zero-order valence-corrected chi connectivity index (χ0v) is 10.1. The van der Waals surface area contributed by atoms with E-state index in [2.05, 4.69) is 12.2 Å². The van der Waals surface area contributed by atoms with Gasteiger partial charge in [0.05, 0.1) is 6.10 Å². The Bertz CT molecular complexity index is 185. The van der Waals surface area contributed by atoms with Gasteiger partial charge in [-0.1, -0.05) is 26.2 Å². The first-order chi connectivity index (χ1) is 7.35. The second-order valence-corrected chi connectivity index (χ2v) is 5.13. The van der Waals surface area contributed by atoms with Gasteiger partial charge in [0.15, 0.2) is 0 Å². The van der Waals surface area contributed by atoms with Crippen LogP contribution in [0.1, 0.15) is 64.7 Å². The van der Waals surface area contributed by atoms with E-state index in [0.29, 0.717) is 6.10 Å². The molecule has 2 nitrogen and oxygen atoms in total. The molecule has 0 bridgehead atoms. The second-order valence-electron chi connectivity index (χ2n) is 5.13. The summed E-state index contributed by atoms with van der Waals surface area (Å²) in [6, 6.07) is 0. The SMILES string of the molecule is CCC1CCNC2(CCCCCCC2)O1. The summed E-state index contributed by atoms with van der Waals surface area (Å²) >= 11 is 0. The summed E-state index contributed by atoms with van der Waals surface area (Å²) in [5.74, 6) is 0. The average Bonchev–Trinajstić information content (AvgIpc) is 2.25. The van der Waals surface area contributed by atoms with Crippen molar-refractivity contribution >= 4 is 0 Å². The van der Waals surface area contributed by atoms with E-state index in [1.54, 1.807) is 0 Å². The minimum atomic E-state index is 0.0549. The van der Waals surface area contributed by atoms with E-state index in [-0.39, 0.29) is 5.72 Å². The summed E-state index contributed by atoms with van der Waals surface area (Å²) in [5.41, 5.74) is 0.0549. The predicted octanol–water partition coefficient (Wildman–Crippen LogP) is 3.22. The first kappa shape index (κ1) is 11.4. The van der Waals surface area contributed by atoms with Crippen LogP contribution in [0.4, 0.5) is 0 Å². The highest BCUT2D eigenvalue weighted by Gasteiger charge is 2.35. The van der Waals surface area contributed by atoms with E-state index in [1.165, 1.54) is 57.8 Å². The third-order valence-electron chi connectivity index (χ3n) is 3.92. The zero-order valence-electron chi connectivity index (χ0n) is 10.1. The number of nitrogens with one attached hydrogen (secondary N) is 1. The maximum Gasteiger partial charge on any atom is 0.119 e. The van der Waals surface area contributed by atoms with Crippen LogP contribution in [-0.4, -0.2) is 18.4 Å². The lowest BCUT2D eigenvalue weighted by molar-refractivity contribution is -0.154. The van der Waals surface area contributed by atoms with Crippen molar-refractivity contribution in [1.29, 1.82) is 0 Å². The van der Waals surface area contributed by atoms with Gasteiger partial charge in [0.2, 0.25) is 0 Å². The molecule has 2 fully saturated rings. The largest absolute Gasteiger partial charge is 0.357 e. The Labute approximate surface area is 93.8 Å². The van der Waals surface area contributed by atoms with Crippen LogP contribution in [0, 0.1) is 0 Å². The van der Waals surface area contributed by atoms with Crippen molar-refractivity contribution in [3.63, 3.8) is 0 Å². The molecule has 1 saturated heterocycles. The molecule has 1 N–H and O–H groups in total. The van der Waals surface area contributed by atoms with Crippen molar-refractivity contribution in [2.24, 2.45) is 0 Å². The lowest BCUT2D eigenvalue weighted by atomic mass is 9.91. The third-order valence-corrected chi connectivity index (χ3v) is 3.92. The molecule has 0 aromatic rings. The summed E-state index contributed by atoms with van der Waals surface area (Å²) in [6.07, 6.45) is 12.2. The monoisotopic (exact) mass is 211 g/mol. The minimum absolute atomic E-state index is 0.0549. The van der Waals surface area contributed by atoms with Gasteiger partial charge in [0.1, 0.15) is 5.72 Å². The number of ether oxygens (including phenoxy) is 1. The van der Waals surface area contributed by atoms with Crippen LogP contribution in [0.2, 0.25) is 0 Å². The molecule has 1 saturated carbocycles. The van der Waals surface area contributed by atoms with Crippen LogP contribution in [0.5, 0.6) is 0 Å². The number of rotatable bonds is 1. The molecule has 1 aliphatic heterocycles. The average molecular weight is 211 g/mol. The van der Waals surface area contributed by atoms with Crippen LogP contribution in [0.15, 0.2) is 0 Å². The Kier molecular flexibility index (Phi) is 4.04. The van der Waals surface area contributed by atoms with E-state index in [9.17, 15) is 0 Å². The molecule has 0 amide bonds. The van der Waals surface area contributed by atoms with E-state index in [4.69, 9.17) is 4.74 Å². The fraction of sp³-hybridized carbons (Fsp3) is 1.00. The highest BCUT2D eigenvalue weighted by molar-refractivity contribution is 4.85. The Hall–Kier alpha value is -0.0800. The molecule has 2 rings (SSSR count). The topological polar surface area (TPSA) is 21.3 Å². The van der Waals surface area contributed by atoms with Crippen LogP contribution in [0.25, 0.3) is 0 Å². The van der Waals surface area contributed by atoms with Crippen molar-refractivity contribution in [1.82, 2.24) is 5.32 Å². The molecular weight excluding hydrogens is 186 g/mol. The van der Waals surface area contributed by atoms with E-state index in [1.807, 2.05) is 0 Å². The van der Waals surface area contributed by atoms with Crippen molar-refractivity contribution in [3.05, 3.63) is 0 Å². The van der Waals surface area contributed by atoms with Gasteiger partial charge >= 0.3 is 0 Å². The molecule has 0 aromatic carbocycles. The van der Waals surface area contributed by atoms with Crippen LogP contribution in [-0.2, 0) is 4.74 Å². The van der Waals surface area contributed by atoms with Crippen LogP contribution in [0.3, 0.4) is 0 Å². The Balaban J connectivity index is 1.95. The van der Waals surface area contributed by atoms with Gasteiger partial charge in [-0.15, -0.1) is 0 Å².